The fraction of sp³-hybridized carbons (Fsp3) is 0.158. The van der Waals surface area contributed by atoms with Crippen molar-refractivity contribution in [2.75, 3.05) is 5.32 Å². The van der Waals surface area contributed by atoms with Gasteiger partial charge in [-0.05, 0) is 46.1 Å². The van der Waals surface area contributed by atoms with Gasteiger partial charge in [0.05, 0.1) is 17.4 Å². The summed E-state index contributed by atoms with van der Waals surface area (Å²) in [4.78, 5) is 12.2. The zero-order valence-corrected chi connectivity index (χ0v) is 15.3. The second kappa shape index (κ2) is 7.61. The van der Waals surface area contributed by atoms with Gasteiger partial charge in [-0.3, -0.25) is 9.48 Å². The van der Waals surface area contributed by atoms with Gasteiger partial charge in [0, 0.05) is 6.20 Å². The Morgan fingerprint density at radius 2 is 1.96 bits per heavy atom. The minimum atomic E-state index is -0.318. The number of hydrogen-bond acceptors (Lipinski definition) is 2. The first-order valence-corrected chi connectivity index (χ1v) is 8.62. The zero-order valence-electron chi connectivity index (χ0n) is 13.7. The van der Waals surface area contributed by atoms with E-state index in [-0.39, 0.29) is 18.1 Å². The maximum absolute atomic E-state index is 12.9. The van der Waals surface area contributed by atoms with Gasteiger partial charge in [0.25, 0.3) is 0 Å². The molecule has 3 rings (SSSR count). The highest BCUT2D eigenvalue weighted by Crippen LogP contribution is 2.21. The number of rotatable bonds is 5. The maximum atomic E-state index is 12.9. The molecule has 0 aliphatic carbocycles. The Bertz CT molecular complexity index is 890. The van der Waals surface area contributed by atoms with E-state index in [4.69, 9.17) is 0 Å². The van der Waals surface area contributed by atoms with Crippen molar-refractivity contribution in [1.82, 2.24) is 9.78 Å². The highest BCUT2D eigenvalue weighted by molar-refractivity contribution is 9.10. The first-order chi connectivity index (χ1) is 12.0. The fourth-order valence-electron chi connectivity index (χ4n) is 2.52. The van der Waals surface area contributed by atoms with Gasteiger partial charge in [0.2, 0.25) is 5.91 Å². The molecule has 0 saturated carbocycles. The van der Waals surface area contributed by atoms with Crippen LogP contribution in [0.15, 0.2) is 59.2 Å². The standard InChI is InChI=1S/C19H17BrFN3O/c1-13-3-2-4-15(9-13)11-24-12-17(20)19(23-24)22-18(25)10-14-5-7-16(21)8-6-14/h2-9,12H,10-11H2,1H3,(H,22,23,25). The summed E-state index contributed by atoms with van der Waals surface area (Å²) in [6.07, 6.45) is 1.99. The van der Waals surface area contributed by atoms with Gasteiger partial charge in [-0.2, -0.15) is 5.10 Å². The van der Waals surface area contributed by atoms with Gasteiger partial charge in [-0.25, -0.2) is 4.39 Å². The van der Waals surface area contributed by atoms with E-state index in [1.165, 1.54) is 17.7 Å². The number of amides is 1. The Hall–Kier alpha value is -2.47. The van der Waals surface area contributed by atoms with Gasteiger partial charge < -0.3 is 5.32 Å². The molecule has 0 aliphatic rings. The van der Waals surface area contributed by atoms with Gasteiger partial charge in [0.1, 0.15) is 5.82 Å². The number of anilines is 1. The number of aryl methyl sites for hydroxylation is 1. The van der Waals surface area contributed by atoms with Crippen LogP contribution in [0.3, 0.4) is 0 Å². The second-order valence-electron chi connectivity index (χ2n) is 5.86. The summed E-state index contributed by atoms with van der Waals surface area (Å²) in [5, 5.41) is 7.19. The van der Waals surface area contributed by atoms with Crippen LogP contribution >= 0.6 is 15.9 Å². The summed E-state index contributed by atoms with van der Waals surface area (Å²) in [6.45, 7) is 2.66. The van der Waals surface area contributed by atoms with Crippen molar-refractivity contribution in [3.63, 3.8) is 0 Å². The Morgan fingerprint density at radius 1 is 1.20 bits per heavy atom. The molecule has 1 amide bonds. The molecule has 0 fully saturated rings. The van der Waals surface area contributed by atoms with Crippen LogP contribution in [-0.2, 0) is 17.8 Å². The van der Waals surface area contributed by atoms with Crippen molar-refractivity contribution in [3.05, 3.63) is 81.7 Å². The highest BCUT2D eigenvalue weighted by atomic mass is 79.9. The lowest BCUT2D eigenvalue weighted by Crippen LogP contribution is -2.15. The monoisotopic (exact) mass is 401 g/mol. The minimum absolute atomic E-state index is 0.164. The Balaban J connectivity index is 1.65. The number of carbonyl (C=O) groups excluding carboxylic acids is 1. The molecule has 1 N–H and O–H groups in total. The van der Waals surface area contributed by atoms with Crippen LogP contribution in [0, 0.1) is 12.7 Å². The van der Waals surface area contributed by atoms with Gasteiger partial charge in [-0.15, -0.1) is 0 Å². The molecule has 1 heterocycles. The molecule has 0 atom stereocenters. The number of halogens is 2. The van der Waals surface area contributed by atoms with Gasteiger partial charge in [-0.1, -0.05) is 42.0 Å². The third-order valence-corrected chi connectivity index (χ3v) is 4.26. The molecule has 0 unspecified atom stereocenters. The molecule has 6 heteroatoms. The lowest BCUT2D eigenvalue weighted by molar-refractivity contribution is -0.115. The number of aromatic nitrogens is 2. The number of hydrogen-bond donors (Lipinski definition) is 1. The van der Waals surface area contributed by atoms with E-state index in [0.29, 0.717) is 16.8 Å². The summed E-state index contributed by atoms with van der Waals surface area (Å²) in [5.74, 6) is -0.0466. The number of carbonyl (C=O) groups is 1. The van der Waals surface area contributed by atoms with E-state index >= 15 is 0 Å². The largest absolute Gasteiger partial charge is 0.308 e. The predicted molar refractivity (Wildman–Crippen MR) is 98.9 cm³/mol. The Kier molecular flexibility index (Phi) is 5.28. The molecule has 0 aliphatic heterocycles. The molecule has 4 nitrogen and oxygen atoms in total. The summed E-state index contributed by atoms with van der Waals surface area (Å²) in [5.41, 5.74) is 3.07. The average Bonchev–Trinajstić information content (AvgIpc) is 2.89. The number of benzene rings is 2. The average molecular weight is 402 g/mol. The molecule has 128 valence electrons. The van der Waals surface area contributed by atoms with Crippen molar-refractivity contribution >= 4 is 27.7 Å². The van der Waals surface area contributed by atoms with Crippen LogP contribution in [0.5, 0.6) is 0 Å². The predicted octanol–water partition coefficient (Wildman–Crippen LogP) is 4.32. The molecular formula is C19H17BrFN3O. The van der Waals surface area contributed by atoms with Crippen molar-refractivity contribution in [1.29, 1.82) is 0 Å². The first kappa shape index (κ1) is 17.4. The van der Waals surface area contributed by atoms with Crippen molar-refractivity contribution < 1.29 is 9.18 Å². The van der Waals surface area contributed by atoms with Crippen LogP contribution in [0.2, 0.25) is 0 Å². The maximum Gasteiger partial charge on any atom is 0.230 e. The van der Waals surface area contributed by atoms with Gasteiger partial charge >= 0.3 is 0 Å². The summed E-state index contributed by atoms with van der Waals surface area (Å²) < 4.78 is 15.4. The molecule has 3 aromatic rings. The molecule has 0 saturated heterocycles. The van der Waals surface area contributed by atoms with E-state index in [1.54, 1.807) is 16.8 Å². The molecular weight excluding hydrogens is 385 g/mol. The minimum Gasteiger partial charge on any atom is -0.308 e. The fourth-order valence-corrected chi connectivity index (χ4v) is 2.94. The smallest absolute Gasteiger partial charge is 0.230 e. The van der Waals surface area contributed by atoms with Crippen molar-refractivity contribution in [2.24, 2.45) is 0 Å². The summed E-state index contributed by atoms with van der Waals surface area (Å²) in [7, 11) is 0. The molecule has 25 heavy (non-hydrogen) atoms. The van der Waals surface area contributed by atoms with Crippen molar-refractivity contribution in [3.8, 4) is 0 Å². The lowest BCUT2D eigenvalue weighted by Gasteiger charge is -2.04. The topological polar surface area (TPSA) is 46.9 Å². The van der Waals surface area contributed by atoms with E-state index in [2.05, 4.69) is 32.4 Å². The van der Waals surface area contributed by atoms with Crippen LogP contribution < -0.4 is 5.32 Å². The highest BCUT2D eigenvalue weighted by Gasteiger charge is 2.11. The van der Waals surface area contributed by atoms with Crippen LogP contribution in [-0.4, -0.2) is 15.7 Å². The molecule has 2 aromatic carbocycles. The lowest BCUT2D eigenvalue weighted by atomic mass is 10.1. The molecule has 0 bridgehead atoms. The normalized spacial score (nSPS) is 10.7. The van der Waals surface area contributed by atoms with Gasteiger partial charge in [0.15, 0.2) is 5.82 Å². The number of nitrogens with zero attached hydrogens (tertiary/aromatic N) is 2. The third-order valence-electron chi connectivity index (χ3n) is 3.68. The summed E-state index contributed by atoms with van der Waals surface area (Å²) in [6, 6.07) is 14.1. The van der Waals surface area contributed by atoms with E-state index in [9.17, 15) is 9.18 Å². The molecule has 0 spiro atoms. The quantitative estimate of drug-likeness (QED) is 0.691. The molecule has 0 radical (unpaired) electrons. The number of nitrogens with one attached hydrogen (secondary N) is 1. The van der Waals surface area contributed by atoms with Crippen molar-refractivity contribution in [2.45, 2.75) is 19.9 Å². The SMILES string of the molecule is Cc1cccc(Cn2cc(Br)c(NC(=O)Cc3ccc(F)cc3)n2)c1. The van der Waals surface area contributed by atoms with Crippen LogP contribution in [0.1, 0.15) is 16.7 Å². The van der Waals surface area contributed by atoms with E-state index in [1.807, 2.05) is 31.3 Å². The first-order valence-electron chi connectivity index (χ1n) is 7.82. The second-order valence-corrected chi connectivity index (χ2v) is 6.72. The molecule has 1 aromatic heterocycles. The Labute approximate surface area is 153 Å². The van der Waals surface area contributed by atoms with E-state index in [0.717, 1.165) is 11.1 Å². The van der Waals surface area contributed by atoms with Crippen LogP contribution in [0.4, 0.5) is 10.2 Å². The zero-order chi connectivity index (χ0) is 17.8. The third kappa shape index (κ3) is 4.76. The summed E-state index contributed by atoms with van der Waals surface area (Å²) >= 11 is 3.42. The van der Waals surface area contributed by atoms with E-state index < -0.39 is 0 Å². The van der Waals surface area contributed by atoms with Crippen LogP contribution in [0.25, 0.3) is 0 Å². The Morgan fingerprint density at radius 3 is 2.68 bits per heavy atom.